The summed E-state index contributed by atoms with van der Waals surface area (Å²) >= 11 is 0. The van der Waals surface area contributed by atoms with Crippen molar-refractivity contribution < 1.29 is 22.4 Å². The second kappa shape index (κ2) is 8.75. The molecule has 0 amide bonds. The van der Waals surface area contributed by atoms with Crippen molar-refractivity contribution in [2.24, 2.45) is 5.92 Å². The van der Waals surface area contributed by atoms with Crippen molar-refractivity contribution in [1.29, 1.82) is 0 Å². The molecule has 1 atom stereocenters. The van der Waals surface area contributed by atoms with Gasteiger partial charge in [-0.1, -0.05) is 5.16 Å². The van der Waals surface area contributed by atoms with E-state index in [0.717, 1.165) is 32.7 Å². The van der Waals surface area contributed by atoms with Crippen molar-refractivity contribution in [2.45, 2.75) is 31.6 Å². The molecule has 148 valence electrons. The molecule has 0 aliphatic carbocycles. The molecule has 1 unspecified atom stereocenters. The van der Waals surface area contributed by atoms with Crippen LogP contribution in [-0.4, -0.2) is 80.8 Å². The maximum atomic E-state index is 12.2. The molecule has 0 radical (unpaired) electrons. The smallest absolute Gasteiger partial charge is 0.281 e. The summed E-state index contributed by atoms with van der Waals surface area (Å²) in [5.74, 6) is 1.66. The first-order valence-electron chi connectivity index (χ1n) is 9.12. The average molecular weight is 388 g/mol. The standard InChI is InChI=1S/C16H28N4O5S/c1-19(2)26(21,22)20-7-3-14(11-20)16-17-15(18-25-16)6-10-24-12-13-4-8-23-9-5-13/h13-14H,3-12H2,1-2H3. The summed E-state index contributed by atoms with van der Waals surface area (Å²) in [4.78, 5) is 4.43. The zero-order chi connectivity index (χ0) is 18.6. The highest BCUT2D eigenvalue weighted by molar-refractivity contribution is 7.86. The van der Waals surface area contributed by atoms with Gasteiger partial charge < -0.3 is 14.0 Å². The molecule has 2 aliphatic heterocycles. The van der Waals surface area contributed by atoms with Gasteiger partial charge in [-0.25, -0.2) is 0 Å². The van der Waals surface area contributed by atoms with Gasteiger partial charge in [0.05, 0.1) is 12.5 Å². The van der Waals surface area contributed by atoms with E-state index in [2.05, 4.69) is 10.1 Å². The second-order valence-electron chi connectivity index (χ2n) is 7.06. The first kappa shape index (κ1) is 19.7. The van der Waals surface area contributed by atoms with Crippen LogP contribution in [0.15, 0.2) is 4.52 Å². The monoisotopic (exact) mass is 388 g/mol. The van der Waals surface area contributed by atoms with Crippen molar-refractivity contribution in [2.75, 3.05) is 53.6 Å². The number of nitrogens with zero attached hydrogens (tertiary/aromatic N) is 4. The van der Waals surface area contributed by atoms with Gasteiger partial charge >= 0.3 is 0 Å². The van der Waals surface area contributed by atoms with E-state index in [4.69, 9.17) is 14.0 Å². The first-order valence-corrected chi connectivity index (χ1v) is 10.5. The third-order valence-corrected chi connectivity index (χ3v) is 6.84. The third kappa shape index (κ3) is 4.80. The quantitative estimate of drug-likeness (QED) is 0.603. The fourth-order valence-electron chi connectivity index (χ4n) is 3.23. The van der Waals surface area contributed by atoms with E-state index >= 15 is 0 Å². The molecular weight excluding hydrogens is 360 g/mol. The minimum absolute atomic E-state index is 0.0471. The van der Waals surface area contributed by atoms with E-state index in [9.17, 15) is 8.42 Å². The summed E-state index contributed by atoms with van der Waals surface area (Å²) in [5.41, 5.74) is 0. The van der Waals surface area contributed by atoms with Crippen LogP contribution in [0.25, 0.3) is 0 Å². The predicted molar refractivity (Wildman–Crippen MR) is 93.9 cm³/mol. The van der Waals surface area contributed by atoms with Gasteiger partial charge in [0.25, 0.3) is 10.2 Å². The molecule has 0 aromatic carbocycles. The Morgan fingerprint density at radius 1 is 1.27 bits per heavy atom. The van der Waals surface area contributed by atoms with Gasteiger partial charge in [0.1, 0.15) is 0 Å². The Labute approximate surface area is 154 Å². The molecule has 3 heterocycles. The molecule has 0 bridgehead atoms. The first-order chi connectivity index (χ1) is 12.5. The minimum Gasteiger partial charge on any atom is -0.381 e. The van der Waals surface area contributed by atoms with Crippen LogP contribution in [0.1, 0.15) is 36.9 Å². The summed E-state index contributed by atoms with van der Waals surface area (Å²) in [7, 11) is -0.320. The van der Waals surface area contributed by atoms with Gasteiger partial charge in [-0.2, -0.15) is 22.0 Å². The molecule has 3 rings (SSSR count). The highest BCUT2D eigenvalue weighted by Gasteiger charge is 2.35. The molecule has 2 saturated heterocycles. The van der Waals surface area contributed by atoms with Crippen molar-refractivity contribution in [3.05, 3.63) is 11.7 Å². The zero-order valence-corrected chi connectivity index (χ0v) is 16.3. The normalized spacial score (nSPS) is 23.1. The molecule has 0 N–H and O–H groups in total. The Morgan fingerprint density at radius 3 is 2.77 bits per heavy atom. The Bertz CT molecular complexity index is 672. The van der Waals surface area contributed by atoms with Crippen LogP contribution >= 0.6 is 0 Å². The molecule has 9 nitrogen and oxygen atoms in total. The lowest BCUT2D eigenvalue weighted by Gasteiger charge is -2.21. The molecular formula is C16H28N4O5S. The largest absolute Gasteiger partial charge is 0.381 e. The molecule has 1 aromatic rings. The number of ether oxygens (including phenoxy) is 2. The van der Waals surface area contributed by atoms with Gasteiger partial charge in [-0.05, 0) is 25.2 Å². The van der Waals surface area contributed by atoms with Crippen LogP contribution in [0.5, 0.6) is 0 Å². The van der Waals surface area contributed by atoms with Gasteiger partial charge in [-0.15, -0.1) is 0 Å². The van der Waals surface area contributed by atoms with E-state index in [1.165, 1.54) is 22.7 Å². The Kier molecular flexibility index (Phi) is 6.62. The third-order valence-electron chi connectivity index (χ3n) is 4.94. The molecule has 0 spiro atoms. The molecule has 26 heavy (non-hydrogen) atoms. The van der Waals surface area contributed by atoms with E-state index in [1.54, 1.807) is 0 Å². The summed E-state index contributed by atoms with van der Waals surface area (Å²) in [5, 5.41) is 4.00. The van der Waals surface area contributed by atoms with E-state index in [-0.39, 0.29) is 5.92 Å². The number of rotatable bonds is 8. The molecule has 0 saturated carbocycles. The van der Waals surface area contributed by atoms with Crippen LogP contribution in [-0.2, 0) is 26.1 Å². The van der Waals surface area contributed by atoms with Crippen molar-refractivity contribution in [1.82, 2.24) is 18.8 Å². The summed E-state index contributed by atoms with van der Waals surface area (Å²) in [6, 6.07) is 0. The summed E-state index contributed by atoms with van der Waals surface area (Å²) in [6.45, 7) is 3.80. The average Bonchev–Trinajstić information content (AvgIpc) is 3.29. The Balaban J connectivity index is 1.43. The van der Waals surface area contributed by atoms with Gasteiger partial charge in [0.2, 0.25) is 5.89 Å². The maximum absolute atomic E-state index is 12.2. The maximum Gasteiger partial charge on any atom is 0.281 e. The predicted octanol–water partition coefficient (Wildman–Crippen LogP) is 0.651. The van der Waals surface area contributed by atoms with Crippen LogP contribution in [0.4, 0.5) is 0 Å². The van der Waals surface area contributed by atoms with Crippen LogP contribution in [0.3, 0.4) is 0 Å². The Morgan fingerprint density at radius 2 is 2.04 bits per heavy atom. The van der Waals surface area contributed by atoms with Crippen LogP contribution < -0.4 is 0 Å². The minimum atomic E-state index is -3.39. The van der Waals surface area contributed by atoms with Crippen molar-refractivity contribution >= 4 is 10.2 Å². The highest BCUT2D eigenvalue weighted by atomic mass is 32.2. The molecule has 2 aliphatic rings. The topological polar surface area (TPSA) is 98.0 Å². The van der Waals surface area contributed by atoms with Gasteiger partial charge in [0, 0.05) is 53.4 Å². The highest BCUT2D eigenvalue weighted by Crippen LogP contribution is 2.28. The lowest BCUT2D eigenvalue weighted by atomic mass is 10.0. The fraction of sp³-hybridized carbons (Fsp3) is 0.875. The summed E-state index contributed by atoms with van der Waals surface area (Å²) in [6.07, 6.45) is 3.40. The van der Waals surface area contributed by atoms with Crippen molar-refractivity contribution in [3.8, 4) is 0 Å². The lowest BCUT2D eigenvalue weighted by Crippen LogP contribution is -2.38. The molecule has 10 heteroatoms. The number of hydrogen-bond donors (Lipinski definition) is 0. The van der Waals surface area contributed by atoms with Crippen LogP contribution in [0.2, 0.25) is 0 Å². The summed E-state index contributed by atoms with van der Waals surface area (Å²) < 4.78 is 43.5. The zero-order valence-electron chi connectivity index (χ0n) is 15.5. The number of hydrogen-bond acceptors (Lipinski definition) is 7. The Hall–Kier alpha value is -1.07. The van der Waals surface area contributed by atoms with E-state index in [0.29, 0.717) is 50.2 Å². The van der Waals surface area contributed by atoms with Crippen molar-refractivity contribution in [3.63, 3.8) is 0 Å². The van der Waals surface area contributed by atoms with E-state index in [1.807, 2.05) is 0 Å². The number of aromatic nitrogens is 2. The van der Waals surface area contributed by atoms with Gasteiger partial charge in [-0.3, -0.25) is 0 Å². The SMILES string of the molecule is CN(C)S(=O)(=O)N1CCC(c2nc(CCOCC3CCOCC3)no2)C1. The van der Waals surface area contributed by atoms with Crippen LogP contribution in [0, 0.1) is 5.92 Å². The second-order valence-corrected chi connectivity index (χ2v) is 9.21. The fourth-order valence-corrected chi connectivity index (χ4v) is 4.40. The van der Waals surface area contributed by atoms with E-state index < -0.39 is 10.2 Å². The molecule has 2 fully saturated rings. The molecule has 1 aromatic heterocycles. The lowest BCUT2D eigenvalue weighted by molar-refractivity contribution is 0.0211. The van der Waals surface area contributed by atoms with Gasteiger partial charge in [0.15, 0.2) is 5.82 Å².